The first-order valence-corrected chi connectivity index (χ1v) is 0. The van der Waals surface area contributed by atoms with Crippen LogP contribution in [0.2, 0.25) is 0 Å². The zero-order chi connectivity index (χ0) is 0. The van der Waals surface area contributed by atoms with Crippen molar-refractivity contribution in [3.05, 3.63) is 0 Å². The summed E-state index contributed by atoms with van der Waals surface area (Å²) in [6, 6.07) is 0. The van der Waals surface area contributed by atoms with E-state index in [0.29, 0.717) is 0 Å². The van der Waals surface area contributed by atoms with Crippen molar-refractivity contribution in [2.75, 3.05) is 0 Å². The SMILES string of the molecule is [Cr].[Cu].[Ni].[Sn].[Ti]. The Morgan fingerprint density at radius 2 is 1.00 bits per heavy atom. The Kier molecular flexibility index (Phi) is 238. The quantitative estimate of drug-likeness (QED) is 0.527. The second-order valence-electron chi connectivity index (χ2n) is 0. The van der Waals surface area contributed by atoms with E-state index in [-0.39, 0.29) is 96.5 Å². The van der Waals surface area contributed by atoms with E-state index in [1.54, 1.807) is 0 Å². The molecule has 35 valence electrons. The fraction of sp³-hybridized carbons (Fsp3) is 0. The third-order valence-corrected chi connectivity index (χ3v) is 0. The van der Waals surface area contributed by atoms with Gasteiger partial charge in [-0.25, -0.2) is 0 Å². The summed E-state index contributed by atoms with van der Waals surface area (Å²) in [6.45, 7) is 0. The molecule has 0 rings (SSSR count). The zero-order valence-corrected chi connectivity index (χ0v) is 9.65. The number of hydrogen-bond donors (Lipinski definition) is 0. The maximum atomic E-state index is 0. The van der Waals surface area contributed by atoms with E-state index in [1.165, 1.54) is 0 Å². The summed E-state index contributed by atoms with van der Waals surface area (Å²) in [5.74, 6) is 0. The van der Waals surface area contributed by atoms with Gasteiger partial charge in [0.2, 0.25) is 0 Å². The van der Waals surface area contributed by atoms with Crippen LogP contribution in [0.15, 0.2) is 0 Å². The molecular formula is CrCuNiSnTi. The third kappa shape index (κ3) is 19.3. The Morgan fingerprint density at radius 1 is 1.00 bits per heavy atom. The minimum atomic E-state index is 0. The molecule has 0 aliphatic rings. The summed E-state index contributed by atoms with van der Waals surface area (Å²) in [7, 11) is 0. The normalized spacial score (nSPS) is 0. The molecule has 0 saturated carbocycles. The molecule has 0 atom stereocenters. The van der Waals surface area contributed by atoms with Crippen LogP contribution in [0.4, 0.5) is 0 Å². The van der Waals surface area contributed by atoms with Gasteiger partial charge in [-0.1, -0.05) is 0 Å². The van der Waals surface area contributed by atoms with Gasteiger partial charge < -0.3 is 0 Å². The van der Waals surface area contributed by atoms with Crippen LogP contribution in [0.25, 0.3) is 0 Å². The molecule has 0 aromatic heterocycles. The fourth-order valence-corrected chi connectivity index (χ4v) is 0. The topological polar surface area (TPSA) is 0 Å². The Labute approximate surface area is 95.0 Å². The smallest absolute Gasteiger partial charge is 0 e. The van der Waals surface area contributed by atoms with Crippen molar-refractivity contribution in [2.24, 2.45) is 0 Å². The van der Waals surface area contributed by atoms with Gasteiger partial charge in [0.05, 0.1) is 0 Å². The van der Waals surface area contributed by atoms with Crippen molar-refractivity contribution in [3.63, 3.8) is 0 Å². The standard InChI is InChI=1S/Cr.Cu.Ni.Sn.Ti. The average molecular weight is 341 g/mol. The van der Waals surface area contributed by atoms with Gasteiger partial charge in [0.25, 0.3) is 0 Å². The molecule has 0 aliphatic carbocycles. The summed E-state index contributed by atoms with van der Waals surface area (Å²) in [6.07, 6.45) is 0. The van der Waals surface area contributed by atoms with Crippen LogP contribution < -0.4 is 0 Å². The molecule has 0 bridgehead atoms. The molecule has 0 unspecified atom stereocenters. The van der Waals surface area contributed by atoms with Crippen molar-refractivity contribution in [1.82, 2.24) is 0 Å². The second-order valence-corrected chi connectivity index (χ2v) is 0. The fourth-order valence-electron chi connectivity index (χ4n) is 0. The first kappa shape index (κ1) is 42.9. The number of rotatable bonds is 0. The van der Waals surface area contributed by atoms with Crippen LogP contribution in [0.5, 0.6) is 0 Å². The molecule has 0 nitrogen and oxygen atoms in total. The van der Waals surface area contributed by atoms with Crippen molar-refractivity contribution in [1.29, 1.82) is 0 Å². The molecule has 0 aromatic carbocycles. The Morgan fingerprint density at radius 3 is 1.00 bits per heavy atom. The van der Waals surface area contributed by atoms with Crippen molar-refractivity contribution >= 4 is 23.9 Å². The van der Waals surface area contributed by atoms with E-state index in [4.69, 9.17) is 0 Å². The summed E-state index contributed by atoms with van der Waals surface area (Å²) < 4.78 is 0. The maximum absolute atomic E-state index is 0. The van der Waals surface area contributed by atoms with Crippen LogP contribution in [0.1, 0.15) is 0 Å². The molecule has 0 amide bonds. The monoisotopic (exact) mass is 341 g/mol. The molecule has 0 heterocycles. The van der Waals surface area contributed by atoms with Crippen molar-refractivity contribution in [2.45, 2.75) is 0 Å². The molecule has 5 radical (unpaired) electrons. The van der Waals surface area contributed by atoms with Gasteiger partial charge >= 0.3 is 0 Å². The number of hydrogen-bond acceptors (Lipinski definition) is 0. The van der Waals surface area contributed by atoms with Crippen molar-refractivity contribution < 1.29 is 72.6 Å². The summed E-state index contributed by atoms with van der Waals surface area (Å²) in [4.78, 5) is 0. The van der Waals surface area contributed by atoms with E-state index in [1.807, 2.05) is 0 Å². The Bertz CT molecular complexity index is 11.6. The molecule has 0 fully saturated rings. The van der Waals surface area contributed by atoms with Crippen LogP contribution in [-0.2, 0) is 72.6 Å². The van der Waals surface area contributed by atoms with Gasteiger partial charge in [0, 0.05) is 96.5 Å². The van der Waals surface area contributed by atoms with Crippen LogP contribution in [0, 0.1) is 0 Å². The molecule has 0 saturated heterocycles. The molecule has 0 N–H and O–H groups in total. The maximum Gasteiger partial charge on any atom is 0 e. The van der Waals surface area contributed by atoms with E-state index >= 15 is 0 Å². The van der Waals surface area contributed by atoms with Crippen LogP contribution in [-0.4, -0.2) is 23.9 Å². The predicted octanol–water partition coefficient (Wildman–Crippen LogP) is -0.391. The van der Waals surface area contributed by atoms with Gasteiger partial charge in [0.15, 0.2) is 0 Å². The van der Waals surface area contributed by atoms with Gasteiger partial charge in [0.1, 0.15) is 0 Å². The summed E-state index contributed by atoms with van der Waals surface area (Å²) in [5.41, 5.74) is 0. The molecular weight excluding hydrogens is 341 g/mol. The van der Waals surface area contributed by atoms with Gasteiger partial charge in [-0.2, -0.15) is 0 Å². The summed E-state index contributed by atoms with van der Waals surface area (Å²) >= 11 is 0. The van der Waals surface area contributed by atoms with Crippen molar-refractivity contribution in [3.8, 4) is 0 Å². The largest absolute Gasteiger partial charge is 0 e. The minimum Gasteiger partial charge on any atom is 0 e. The molecule has 0 aliphatic heterocycles. The predicted molar refractivity (Wildman–Crippen MR) is 5.75 cm³/mol. The average Bonchev–Trinajstić information content (AvgIpc) is 0. The first-order chi connectivity index (χ1) is 0. The molecule has 5 heteroatoms. The third-order valence-electron chi connectivity index (χ3n) is 0. The second kappa shape index (κ2) is 27.7. The summed E-state index contributed by atoms with van der Waals surface area (Å²) in [5, 5.41) is 0. The van der Waals surface area contributed by atoms with Gasteiger partial charge in [-0.05, 0) is 0 Å². The molecule has 0 spiro atoms. The van der Waals surface area contributed by atoms with Crippen LogP contribution >= 0.6 is 0 Å². The van der Waals surface area contributed by atoms with E-state index in [2.05, 4.69) is 0 Å². The Hall–Kier alpha value is 3.06. The van der Waals surface area contributed by atoms with Gasteiger partial charge in [-0.3, -0.25) is 0 Å². The zero-order valence-electron chi connectivity index (χ0n) is 2.03. The first-order valence-electron chi connectivity index (χ1n) is 0. The van der Waals surface area contributed by atoms with Gasteiger partial charge in [-0.15, -0.1) is 0 Å². The minimum absolute atomic E-state index is 0. The molecule has 0 aromatic rings. The van der Waals surface area contributed by atoms with E-state index < -0.39 is 0 Å². The molecule has 5 heavy (non-hydrogen) atoms. The Balaban J connectivity index is 0. The van der Waals surface area contributed by atoms with E-state index in [0.717, 1.165) is 0 Å². The van der Waals surface area contributed by atoms with Crippen LogP contribution in [0.3, 0.4) is 0 Å². The van der Waals surface area contributed by atoms with E-state index in [9.17, 15) is 0 Å².